The van der Waals surface area contributed by atoms with Gasteiger partial charge in [-0.2, -0.15) is 0 Å². The molecule has 2 atom stereocenters. The molecule has 2 aliphatic rings. The summed E-state index contributed by atoms with van der Waals surface area (Å²) in [6.07, 6.45) is 5.49. The van der Waals surface area contributed by atoms with Crippen molar-refractivity contribution in [2.45, 2.75) is 76.3 Å². The number of rotatable bonds is 0. The third kappa shape index (κ3) is 2.08. The molecule has 0 unspecified atom stereocenters. The summed E-state index contributed by atoms with van der Waals surface area (Å²) in [7, 11) is -1.45. The SMILES string of the molecule is CC(C)(C)[Si](C)(C)C#C[C@]12CCCC[C@H]1O2. The highest BCUT2D eigenvalue weighted by Gasteiger charge is 2.56. The molecule has 0 bridgehead atoms. The lowest BCUT2D eigenvalue weighted by molar-refractivity contribution is 0.336. The molecule has 0 N–H and O–H groups in total. The van der Waals surface area contributed by atoms with Gasteiger partial charge in [-0.15, -0.1) is 5.54 Å². The van der Waals surface area contributed by atoms with Crippen LogP contribution in [0.5, 0.6) is 0 Å². The van der Waals surface area contributed by atoms with Crippen LogP contribution < -0.4 is 0 Å². The molecule has 1 aliphatic heterocycles. The van der Waals surface area contributed by atoms with Crippen LogP contribution in [-0.2, 0) is 4.74 Å². The molecule has 2 rings (SSSR count). The van der Waals surface area contributed by atoms with Crippen LogP contribution in [-0.4, -0.2) is 19.8 Å². The van der Waals surface area contributed by atoms with E-state index in [2.05, 4.69) is 45.3 Å². The van der Waals surface area contributed by atoms with Gasteiger partial charge in [-0.3, -0.25) is 0 Å². The van der Waals surface area contributed by atoms with Crippen molar-refractivity contribution < 1.29 is 4.74 Å². The van der Waals surface area contributed by atoms with E-state index < -0.39 is 8.07 Å². The first-order chi connectivity index (χ1) is 7.27. The molecule has 90 valence electrons. The van der Waals surface area contributed by atoms with Crippen LogP contribution in [0.1, 0.15) is 46.5 Å². The van der Waals surface area contributed by atoms with Crippen LogP contribution in [0.4, 0.5) is 0 Å². The molecule has 0 aromatic carbocycles. The summed E-state index contributed by atoms with van der Waals surface area (Å²) in [5.41, 5.74) is 3.61. The lowest BCUT2D eigenvalue weighted by atomic mass is 9.90. The molecule has 0 amide bonds. The van der Waals surface area contributed by atoms with Crippen molar-refractivity contribution in [3.05, 3.63) is 0 Å². The Hall–Kier alpha value is -0.263. The van der Waals surface area contributed by atoms with Crippen molar-refractivity contribution in [1.29, 1.82) is 0 Å². The van der Waals surface area contributed by atoms with Crippen LogP contribution in [0.2, 0.25) is 18.1 Å². The van der Waals surface area contributed by atoms with E-state index in [1.165, 1.54) is 25.7 Å². The fourth-order valence-corrected chi connectivity index (χ4v) is 2.97. The molecular weight excluding hydrogens is 212 g/mol. The Morgan fingerprint density at radius 2 is 1.94 bits per heavy atom. The number of fused-ring (bicyclic) bond motifs is 1. The third-order valence-corrected chi connectivity index (χ3v) is 9.04. The smallest absolute Gasteiger partial charge is 0.154 e. The Balaban J connectivity index is 2.11. The van der Waals surface area contributed by atoms with Crippen LogP contribution in [0, 0.1) is 11.5 Å². The number of hydrogen-bond donors (Lipinski definition) is 0. The van der Waals surface area contributed by atoms with Crippen molar-refractivity contribution in [2.24, 2.45) is 0 Å². The van der Waals surface area contributed by atoms with Gasteiger partial charge in [0.15, 0.2) is 5.60 Å². The Morgan fingerprint density at radius 1 is 1.25 bits per heavy atom. The molecule has 1 heterocycles. The van der Waals surface area contributed by atoms with Crippen LogP contribution in [0.15, 0.2) is 0 Å². The summed E-state index contributed by atoms with van der Waals surface area (Å²) in [5.74, 6) is 3.51. The van der Waals surface area contributed by atoms with Gasteiger partial charge in [0.2, 0.25) is 0 Å². The Morgan fingerprint density at radius 3 is 2.50 bits per heavy atom. The van der Waals surface area contributed by atoms with Gasteiger partial charge in [0.25, 0.3) is 0 Å². The zero-order chi connectivity index (χ0) is 12.0. The van der Waals surface area contributed by atoms with Gasteiger partial charge in [-0.05, 0) is 24.3 Å². The lowest BCUT2D eigenvalue weighted by Gasteiger charge is -2.31. The highest BCUT2D eigenvalue weighted by molar-refractivity contribution is 6.87. The van der Waals surface area contributed by atoms with E-state index in [4.69, 9.17) is 4.74 Å². The zero-order valence-corrected chi connectivity index (χ0v) is 12.3. The summed E-state index contributed by atoms with van der Waals surface area (Å²) >= 11 is 0. The average Bonchev–Trinajstić information content (AvgIpc) is 2.88. The van der Waals surface area contributed by atoms with Crippen molar-refractivity contribution in [3.8, 4) is 11.5 Å². The van der Waals surface area contributed by atoms with Gasteiger partial charge in [0, 0.05) is 0 Å². The average molecular weight is 236 g/mol. The normalized spacial score (nSPS) is 33.7. The van der Waals surface area contributed by atoms with E-state index in [9.17, 15) is 0 Å². The maximum absolute atomic E-state index is 5.82. The zero-order valence-electron chi connectivity index (χ0n) is 11.3. The number of epoxide rings is 1. The van der Waals surface area contributed by atoms with E-state index in [-0.39, 0.29) is 5.60 Å². The first-order valence-corrected chi connectivity index (χ1v) is 9.49. The van der Waals surface area contributed by atoms with E-state index in [1.807, 2.05) is 0 Å². The summed E-state index contributed by atoms with van der Waals surface area (Å²) in [5, 5.41) is 0.357. The second kappa shape index (κ2) is 3.61. The molecule has 0 aromatic rings. The molecular formula is C14H24OSi. The van der Waals surface area contributed by atoms with Gasteiger partial charge in [0.05, 0.1) is 6.10 Å². The topological polar surface area (TPSA) is 12.5 Å². The quantitative estimate of drug-likeness (QED) is 0.354. The summed E-state index contributed by atoms with van der Waals surface area (Å²) in [6.45, 7) is 11.7. The standard InChI is InChI=1S/C14H24OSi/c1-13(2,3)16(4,5)11-10-14-9-7-6-8-12(14)15-14/h12H,6-9H2,1-5H3/t12-,14-/m1/s1. The molecule has 16 heavy (non-hydrogen) atoms. The predicted molar refractivity (Wildman–Crippen MR) is 71.0 cm³/mol. The Bertz CT molecular complexity index is 342. The Kier molecular flexibility index (Phi) is 2.76. The molecule has 0 radical (unpaired) electrons. The molecule has 2 heteroatoms. The van der Waals surface area contributed by atoms with Crippen LogP contribution >= 0.6 is 0 Å². The molecule has 1 nitrogen and oxygen atoms in total. The largest absolute Gasteiger partial charge is 0.352 e. The van der Waals surface area contributed by atoms with Gasteiger partial charge in [-0.1, -0.05) is 46.2 Å². The molecule has 1 saturated carbocycles. The summed E-state index contributed by atoms with van der Waals surface area (Å²) in [4.78, 5) is 0. The third-order valence-electron chi connectivity index (χ3n) is 4.54. The van der Waals surface area contributed by atoms with Gasteiger partial charge in [0.1, 0.15) is 8.07 Å². The monoisotopic (exact) mass is 236 g/mol. The lowest BCUT2D eigenvalue weighted by Crippen LogP contribution is -2.36. The molecule has 0 aromatic heterocycles. The van der Waals surface area contributed by atoms with E-state index in [0.29, 0.717) is 11.1 Å². The molecule has 0 spiro atoms. The van der Waals surface area contributed by atoms with Gasteiger partial charge < -0.3 is 4.74 Å². The molecule has 1 saturated heterocycles. The second-order valence-electron chi connectivity index (χ2n) is 6.87. The van der Waals surface area contributed by atoms with Gasteiger partial charge in [-0.25, -0.2) is 0 Å². The predicted octanol–water partition coefficient (Wildman–Crippen LogP) is 3.75. The second-order valence-corrected chi connectivity index (χ2v) is 11.9. The van der Waals surface area contributed by atoms with E-state index in [0.717, 1.165) is 0 Å². The Labute approximate surface area is 101 Å². The first-order valence-electron chi connectivity index (χ1n) is 6.49. The minimum atomic E-state index is -1.45. The maximum atomic E-state index is 5.82. The fraction of sp³-hybridized carbons (Fsp3) is 0.857. The van der Waals surface area contributed by atoms with Crippen molar-refractivity contribution in [3.63, 3.8) is 0 Å². The van der Waals surface area contributed by atoms with E-state index >= 15 is 0 Å². The van der Waals surface area contributed by atoms with Crippen LogP contribution in [0.3, 0.4) is 0 Å². The highest BCUT2D eigenvalue weighted by Crippen LogP contribution is 2.47. The molecule has 2 fully saturated rings. The van der Waals surface area contributed by atoms with Crippen molar-refractivity contribution in [2.75, 3.05) is 0 Å². The van der Waals surface area contributed by atoms with Crippen molar-refractivity contribution >= 4 is 8.07 Å². The first kappa shape index (κ1) is 12.2. The fourth-order valence-electron chi connectivity index (χ4n) is 2.07. The minimum absolute atomic E-state index is 0.00618. The highest BCUT2D eigenvalue weighted by atomic mass is 28.3. The number of ether oxygens (including phenoxy) is 1. The molecule has 1 aliphatic carbocycles. The van der Waals surface area contributed by atoms with Crippen molar-refractivity contribution in [1.82, 2.24) is 0 Å². The summed E-state index contributed by atoms with van der Waals surface area (Å²) < 4.78 is 5.82. The van der Waals surface area contributed by atoms with E-state index in [1.54, 1.807) is 0 Å². The summed E-state index contributed by atoms with van der Waals surface area (Å²) in [6, 6.07) is 0. The maximum Gasteiger partial charge on any atom is 0.154 e. The van der Waals surface area contributed by atoms with Crippen LogP contribution in [0.25, 0.3) is 0 Å². The minimum Gasteiger partial charge on any atom is -0.352 e. The van der Waals surface area contributed by atoms with Gasteiger partial charge >= 0.3 is 0 Å². The number of hydrogen-bond acceptors (Lipinski definition) is 1.